The van der Waals surface area contributed by atoms with Crippen LogP contribution in [0.25, 0.3) is 0 Å². The van der Waals surface area contributed by atoms with Crippen LogP contribution in [0.5, 0.6) is 5.75 Å². The average molecular weight is 422 g/mol. The van der Waals surface area contributed by atoms with Gasteiger partial charge in [0.1, 0.15) is 11.4 Å². The zero-order valence-electron chi connectivity index (χ0n) is 17.9. The maximum Gasteiger partial charge on any atom is 0.269 e. The number of pyridine rings is 1. The van der Waals surface area contributed by atoms with Gasteiger partial charge in [-0.15, -0.1) is 0 Å². The molecule has 1 spiro atoms. The second-order valence-corrected chi connectivity index (χ2v) is 8.63. The first-order valence-electron chi connectivity index (χ1n) is 10.8. The highest BCUT2D eigenvalue weighted by molar-refractivity contribution is 6.02. The smallest absolute Gasteiger partial charge is 0.269 e. The third-order valence-electron chi connectivity index (χ3n) is 6.44. The van der Waals surface area contributed by atoms with E-state index in [4.69, 9.17) is 4.74 Å². The molecule has 2 amide bonds. The summed E-state index contributed by atoms with van der Waals surface area (Å²) in [7, 11) is 1.60. The summed E-state index contributed by atoms with van der Waals surface area (Å²) < 4.78 is 5.94. The Morgan fingerprint density at radius 1 is 1.29 bits per heavy atom. The Bertz CT molecular complexity index is 1020. The van der Waals surface area contributed by atoms with E-state index in [1.165, 1.54) is 0 Å². The Balaban J connectivity index is 1.22. The predicted octanol–water partition coefficient (Wildman–Crippen LogP) is 2.02. The van der Waals surface area contributed by atoms with Crippen LogP contribution < -0.4 is 20.3 Å². The Morgan fingerprint density at radius 2 is 2.13 bits per heavy atom. The van der Waals surface area contributed by atoms with Crippen LogP contribution in [0.1, 0.15) is 35.8 Å². The van der Waals surface area contributed by atoms with E-state index in [2.05, 4.69) is 38.4 Å². The molecule has 2 N–H and O–H groups in total. The molecule has 5 rings (SSSR count). The summed E-state index contributed by atoms with van der Waals surface area (Å²) in [6, 6.07) is 10.2. The number of carbonyl (C=O) groups excluding carboxylic acids is 2. The molecule has 1 saturated heterocycles. The molecule has 0 bridgehead atoms. The molecule has 1 aromatic carbocycles. The highest BCUT2D eigenvalue weighted by Gasteiger charge is 2.55. The lowest BCUT2D eigenvalue weighted by molar-refractivity contribution is -0.125. The van der Waals surface area contributed by atoms with Crippen molar-refractivity contribution < 1.29 is 14.3 Å². The van der Waals surface area contributed by atoms with Gasteiger partial charge in [0.25, 0.3) is 11.8 Å². The number of benzene rings is 1. The Labute approximate surface area is 181 Å². The molecule has 3 aliphatic rings. The largest absolute Gasteiger partial charge is 0.475 e. The van der Waals surface area contributed by atoms with Gasteiger partial charge in [-0.25, -0.2) is 4.98 Å². The van der Waals surface area contributed by atoms with E-state index in [0.717, 1.165) is 61.7 Å². The Kier molecular flexibility index (Phi) is 4.81. The average Bonchev–Trinajstić information content (AvgIpc) is 3.56. The molecular weight excluding hydrogens is 394 g/mol. The first-order valence-corrected chi connectivity index (χ1v) is 10.8. The first-order chi connectivity index (χ1) is 15.0. The lowest BCUT2D eigenvalue weighted by Crippen LogP contribution is -2.51. The number of fused-ring (bicyclic) bond motifs is 1. The number of carbonyl (C=O) groups is 2. The van der Waals surface area contributed by atoms with Crippen LogP contribution in [0.4, 0.5) is 11.4 Å². The molecule has 8 nitrogen and oxygen atoms in total. The zero-order valence-corrected chi connectivity index (χ0v) is 17.9. The van der Waals surface area contributed by atoms with E-state index in [1.807, 2.05) is 18.2 Å². The van der Waals surface area contributed by atoms with Gasteiger partial charge in [0, 0.05) is 52.1 Å². The van der Waals surface area contributed by atoms with Crippen LogP contribution in [0.15, 0.2) is 36.5 Å². The third kappa shape index (κ3) is 3.72. The van der Waals surface area contributed by atoms with Crippen molar-refractivity contribution in [3.8, 4) is 5.75 Å². The fraction of sp³-hybridized carbons (Fsp3) is 0.435. The number of aromatic nitrogens is 1. The molecule has 1 saturated carbocycles. The van der Waals surface area contributed by atoms with Crippen molar-refractivity contribution in [1.82, 2.24) is 15.2 Å². The summed E-state index contributed by atoms with van der Waals surface area (Å²) in [6.07, 6.45) is 3.36. The number of hydrogen-bond donors (Lipinski definition) is 2. The van der Waals surface area contributed by atoms with Gasteiger partial charge in [0.05, 0.1) is 17.6 Å². The second kappa shape index (κ2) is 7.53. The van der Waals surface area contributed by atoms with Crippen LogP contribution in [-0.2, 0) is 11.3 Å². The highest BCUT2D eigenvalue weighted by atomic mass is 16.5. The van der Waals surface area contributed by atoms with Gasteiger partial charge in [-0.1, -0.05) is 6.07 Å². The molecule has 1 aliphatic carbocycles. The normalized spacial score (nSPS) is 21.8. The Hall–Kier alpha value is -3.13. The molecule has 2 aromatic rings. The number of amides is 2. The number of nitrogens with one attached hydrogen (secondary N) is 2. The van der Waals surface area contributed by atoms with Gasteiger partial charge in [0.2, 0.25) is 0 Å². The van der Waals surface area contributed by atoms with E-state index in [1.54, 1.807) is 19.3 Å². The van der Waals surface area contributed by atoms with E-state index in [9.17, 15) is 9.59 Å². The quantitative estimate of drug-likeness (QED) is 0.786. The highest BCUT2D eigenvalue weighted by Crippen LogP contribution is 2.46. The molecule has 1 atom stereocenters. The number of nitrogens with zero attached hydrogens (tertiary/aromatic N) is 3. The lowest BCUT2D eigenvalue weighted by Gasteiger charge is -2.41. The van der Waals surface area contributed by atoms with Gasteiger partial charge >= 0.3 is 0 Å². The van der Waals surface area contributed by atoms with E-state index in [-0.39, 0.29) is 11.8 Å². The molecule has 3 heterocycles. The molecule has 2 fully saturated rings. The molecule has 31 heavy (non-hydrogen) atoms. The topological polar surface area (TPSA) is 86.8 Å². The summed E-state index contributed by atoms with van der Waals surface area (Å²) in [4.78, 5) is 33.0. The number of anilines is 2. The van der Waals surface area contributed by atoms with Gasteiger partial charge < -0.3 is 20.3 Å². The fourth-order valence-corrected chi connectivity index (χ4v) is 4.33. The second-order valence-electron chi connectivity index (χ2n) is 8.63. The van der Waals surface area contributed by atoms with Crippen molar-refractivity contribution in [2.24, 2.45) is 0 Å². The standard InChI is InChI=1S/C23H27N5O3/c1-15-13-28(17-4-5-18(25-12-17)21(29)24-2)10-9-27(15)14-16-3-6-20-19(11-16)26-22(30)23(31-20)7-8-23/h3-6,11-12,15H,7-10,13-14H2,1-2H3,(H,24,29)(H,26,30). The maximum absolute atomic E-state index is 12.3. The Morgan fingerprint density at radius 3 is 2.81 bits per heavy atom. The fourth-order valence-electron chi connectivity index (χ4n) is 4.33. The van der Waals surface area contributed by atoms with Crippen LogP contribution in [0.3, 0.4) is 0 Å². The first kappa shape index (κ1) is 19.8. The zero-order chi connectivity index (χ0) is 21.6. The summed E-state index contributed by atoms with van der Waals surface area (Å²) >= 11 is 0. The minimum atomic E-state index is -0.604. The van der Waals surface area contributed by atoms with E-state index >= 15 is 0 Å². The number of piperazine rings is 1. The maximum atomic E-state index is 12.3. The molecule has 1 unspecified atom stereocenters. The monoisotopic (exact) mass is 421 g/mol. The van der Waals surface area contributed by atoms with Crippen molar-refractivity contribution in [1.29, 1.82) is 0 Å². The minimum absolute atomic E-state index is 0.0184. The van der Waals surface area contributed by atoms with Crippen molar-refractivity contribution >= 4 is 23.2 Å². The van der Waals surface area contributed by atoms with Crippen molar-refractivity contribution in [3.05, 3.63) is 47.8 Å². The number of hydrogen-bond acceptors (Lipinski definition) is 6. The summed E-state index contributed by atoms with van der Waals surface area (Å²) in [5, 5.41) is 5.61. The molecule has 162 valence electrons. The molecule has 0 radical (unpaired) electrons. The van der Waals surface area contributed by atoms with Gasteiger partial charge in [-0.05, 0) is 36.8 Å². The predicted molar refractivity (Wildman–Crippen MR) is 117 cm³/mol. The van der Waals surface area contributed by atoms with Crippen molar-refractivity contribution in [2.45, 2.75) is 38.0 Å². The number of ether oxygens (including phenoxy) is 1. The molecule has 8 heteroatoms. The summed E-state index contributed by atoms with van der Waals surface area (Å²) in [6.45, 7) is 5.73. The number of rotatable bonds is 4. The van der Waals surface area contributed by atoms with Crippen molar-refractivity contribution in [3.63, 3.8) is 0 Å². The van der Waals surface area contributed by atoms with Gasteiger partial charge in [-0.3, -0.25) is 14.5 Å². The summed E-state index contributed by atoms with van der Waals surface area (Å²) in [5.74, 6) is 0.574. The van der Waals surface area contributed by atoms with Crippen molar-refractivity contribution in [2.75, 3.05) is 36.9 Å². The van der Waals surface area contributed by atoms with Crippen LogP contribution in [0, 0.1) is 0 Å². The molecular formula is C23H27N5O3. The SMILES string of the molecule is CNC(=O)c1ccc(N2CCN(Cc3ccc4c(c3)NC(=O)C3(CC3)O4)C(C)C2)cn1. The van der Waals surface area contributed by atoms with E-state index < -0.39 is 5.60 Å². The van der Waals surface area contributed by atoms with Gasteiger partial charge in [0.15, 0.2) is 5.60 Å². The van der Waals surface area contributed by atoms with Crippen LogP contribution >= 0.6 is 0 Å². The molecule has 2 aliphatic heterocycles. The molecule has 1 aromatic heterocycles. The van der Waals surface area contributed by atoms with Crippen LogP contribution in [-0.4, -0.2) is 60.0 Å². The minimum Gasteiger partial charge on any atom is -0.475 e. The lowest BCUT2D eigenvalue weighted by atomic mass is 10.1. The van der Waals surface area contributed by atoms with Gasteiger partial charge in [-0.2, -0.15) is 0 Å². The third-order valence-corrected chi connectivity index (χ3v) is 6.44. The summed E-state index contributed by atoms with van der Waals surface area (Å²) in [5.41, 5.74) is 2.78. The van der Waals surface area contributed by atoms with E-state index in [0.29, 0.717) is 11.7 Å². The van der Waals surface area contributed by atoms with Crippen LogP contribution in [0.2, 0.25) is 0 Å².